The van der Waals surface area contributed by atoms with Crippen molar-refractivity contribution in [2.24, 2.45) is 5.92 Å². The molecule has 1 aliphatic rings. The van der Waals surface area contributed by atoms with Gasteiger partial charge in [0.1, 0.15) is 11.8 Å². The first-order chi connectivity index (χ1) is 26.4. The second-order valence-corrected chi connectivity index (χ2v) is 14.2. The molecule has 1 heterocycles. The van der Waals surface area contributed by atoms with Crippen LogP contribution in [0.1, 0.15) is 47.1 Å². The number of ether oxygens (including phenoxy) is 4. The summed E-state index contributed by atoms with van der Waals surface area (Å²) < 4.78 is 23.9. The third kappa shape index (κ3) is 9.69. The van der Waals surface area contributed by atoms with Gasteiger partial charge in [0.2, 0.25) is 0 Å². The van der Waals surface area contributed by atoms with Crippen molar-refractivity contribution in [3.63, 3.8) is 0 Å². The molecule has 1 saturated heterocycles. The molecule has 9 nitrogen and oxygen atoms in total. The lowest BCUT2D eigenvalue weighted by Crippen LogP contribution is -2.47. The molecule has 0 bridgehead atoms. The largest absolute Gasteiger partial charge is 0.496 e. The summed E-state index contributed by atoms with van der Waals surface area (Å²) in [5.41, 5.74) is 6.52. The molecule has 2 amide bonds. The lowest BCUT2D eigenvalue weighted by atomic mass is 9.91. The molecule has 10 heteroatoms. The highest BCUT2D eigenvalue weighted by Gasteiger charge is 2.38. The lowest BCUT2D eigenvalue weighted by molar-refractivity contribution is -0.268. The number of nitrogens with one attached hydrogen (secondary N) is 2. The number of methoxy groups -OCH3 is 2. The molecule has 0 aromatic heterocycles. The normalized spacial score (nSPS) is 18.7. The minimum Gasteiger partial charge on any atom is -0.496 e. The number of carbonyl (C=O) groups is 2. The first-order valence-corrected chi connectivity index (χ1v) is 19.0. The number of hydrogen-bond acceptors (Lipinski definition) is 8. The predicted octanol–water partition coefficient (Wildman–Crippen LogP) is 8.02. The number of hydrogen-bond donors (Lipinski definition) is 3. The number of rotatable bonds is 14. The summed E-state index contributed by atoms with van der Waals surface area (Å²) in [5, 5.41) is 15.3. The Morgan fingerprint density at radius 3 is 2.20 bits per heavy atom. The number of urea groups is 1. The third-order valence-electron chi connectivity index (χ3n) is 9.62. The van der Waals surface area contributed by atoms with E-state index in [1.54, 1.807) is 18.9 Å². The highest BCUT2D eigenvalue weighted by molar-refractivity contribution is 7.99. The Hall–Kier alpha value is -5.13. The maximum absolute atomic E-state index is 13.0. The molecule has 5 atom stereocenters. The number of esters is 1. The van der Waals surface area contributed by atoms with Crippen molar-refractivity contribution in [1.82, 2.24) is 10.6 Å². The number of amides is 2. The fourth-order valence-electron chi connectivity index (χ4n) is 6.57. The van der Waals surface area contributed by atoms with Gasteiger partial charge < -0.3 is 34.7 Å². The maximum Gasteiger partial charge on any atom is 0.328 e. The Morgan fingerprint density at radius 1 is 0.796 bits per heavy atom. The van der Waals surface area contributed by atoms with Crippen molar-refractivity contribution in [1.29, 1.82) is 0 Å². The molecule has 0 aliphatic carbocycles. The van der Waals surface area contributed by atoms with Crippen LogP contribution in [0.4, 0.5) is 4.79 Å². The molecule has 6 rings (SSSR count). The molecule has 0 spiro atoms. The van der Waals surface area contributed by atoms with Gasteiger partial charge in [-0.05, 0) is 45.5 Å². The standard InChI is InChI=1S/C44H46N2O7S/c1-29-39(28-54-40-16-10-9-15-38(40)50-2)52-43(53-41(29)33-19-17-31(27-47)18-20-33)34-23-21-32(22-24-34)36-14-8-7-13-35(36)26-45-44(49)46-37(42(48)51-3)25-30-11-5-4-6-12-30/h4-24,29,37,39,41,43,47H,25-28H2,1-3H3,(H2,45,46,49)/t29-,37+,39+,41+,43+/m1/s1. The van der Waals surface area contributed by atoms with E-state index in [1.165, 1.54) is 7.11 Å². The van der Waals surface area contributed by atoms with Crippen LogP contribution in [0.3, 0.4) is 0 Å². The van der Waals surface area contributed by atoms with E-state index in [-0.39, 0.29) is 31.3 Å². The molecular formula is C44H46N2O7S. The second kappa shape index (κ2) is 18.8. The quantitative estimate of drug-likeness (QED) is 0.0774. The van der Waals surface area contributed by atoms with Crippen LogP contribution in [-0.2, 0) is 38.6 Å². The number of aliphatic hydroxyl groups excluding tert-OH is 1. The van der Waals surface area contributed by atoms with Gasteiger partial charge in [-0.3, -0.25) is 0 Å². The summed E-state index contributed by atoms with van der Waals surface area (Å²) in [5.74, 6) is 1.06. The molecule has 5 aromatic carbocycles. The van der Waals surface area contributed by atoms with Gasteiger partial charge in [0.15, 0.2) is 6.29 Å². The van der Waals surface area contributed by atoms with Gasteiger partial charge in [-0.2, -0.15) is 0 Å². The Bertz CT molecular complexity index is 1970. The van der Waals surface area contributed by atoms with Crippen LogP contribution in [0.15, 0.2) is 132 Å². The van der Waals surface area contributed by atoms with Gasteiger partial charge >= 0.3 is 12.0 Å². The van der Waals surface area contributed by atoms with Gasteiger partial charge in [0, 0.05) is 35.1 Å². The monoisotopic (exact) mass is 746 g/mol. The summed E-state index contributed by atoms with van der Waals surface area (Å²) in [6.45, 7) is 2.38. The van der Waals surface area contributed by atoms with E-state index in [9.17, 15) is 14.7 Å². The van der Waals surface area contributed by atoms with E-state index < -0.39 is 24.3 Å². The molecule has 280 valence electrons. The fraction of sp³-hybridized carbons (Fsp3) is 0.273. The zero-order valence-electron chi connectivity index (χ0n) is 30.6. The Labute approximate surface area is 321 Å². The van der Waals surface area contributed by atoms with E-state index in [0.29, 0.717) is 12.2 Å². The van der Waals surface area contributed by atoms with Crippen LogP contribution in [0.5, 0.6) is 5.75 Å². The summed E-state index contributed by atoms with van der Waals surface area (Å²) >= 11 is 1.70. The van der Waals surface area contributed by atoms with Crippen LogP contribution in [-0.4, -0.2) is 49.2 Å². The average Bonchev–Trinajstić information content (AvgIpc) is 3.22. The first kappa shape index (κ1) is 38.6. The van der Waals surface area contributed by atoms with Crippen molar-refractivity contribution in [3.05, 3.63) is 155 Å². The average molecular weight is 747 g/mol. The van der Waals surface area contributed by atoms with Crippen molar-refractivity contribution in [2.45, 2.75) is 55.9 Å². The third-order valence-corrected chi connectivity index (χ3v) is 10.8. The van der Waals surface area contributed by atoms with Gasteiger partial charge in [-0.15, -0.1) is 11.8 Å². The minimum absolute atomic E-state index is 0.0192. The minimum atomic E-state index is -0.828. The number of aliphatic hydroxyl groups is 1. The van der Waals surface area contributed by atoms with Crippen LogP contribution in [0.2, 0.25) is 0 Å². The predicted molar refractivity (Wildman–Crippen MR) is 210 cm³/mol. The number of thioether (sulfide) groups is 1. The molecule has 1 aliphatic heterocycles. The van der Waals surface area contributed by atoms with Gasteiger partial charge in [0.25, 0.3) is 0 Å². The van der Waals surface area contributed by atoms with Crippen LogP contribution < -0.4 is 15.4 Å². The second-order valence-electron chi connectivity index (χ2n) is 13.2. The molecular weight excluding hydrogens is 701 g/mol. The summed E-state index contributed by atoms with van der Waals surface area (Å²) in [6.07, 6.45) is -0.663. The van der Waals surface area contributed by atoms with E-state index in [4.69, 9.17) is 18.9 Å². The SMILES string of the molecule is COC(=O)[C@H](Cc1ccccc1)NC(=O)NCc1ccccc1-c1ccc([C@H]2O[C@@H](CSc3ccccc3OC)[C@@H](C)[C@@H](c3ccc(CO)cc3)O2)cc1. The molecule has 3 N–H and O–H groups in total. The summed E-state index contributed by atoms with van der Waals surface area (Å²) in [7, 11) is 2.99. The molecule has 54 heavy (non-hydrogen) atoms. The lowest BCUT2D eigenvalue weighted by Gasteiger charge is -2.41. The smallest absolute Gasteiger partial charge is 0.328 e. The van der Waals surface area contributed by atoms with E-state index in [0.717, 1.165) is 49.6 Å². The van der Waals surface area contributed by atoms with Gasteiger partial charge in [0.05, 0.1) is 33.0 Å². The van der Waals surface area contributed by atoms with Crippen LogP contribution >= 0.6 is 11.8 Å². The Balaban J connectivity index is 1.16. The van der Waals surface area contributed by atoms with Crippen LogP contribution in [0, 0.1) is 5.92 Å². The number of carbonyl (C=O) groups excluding carboxylic acids is 2. The first-order valence-electron chi connectivity index (χ1n) is 18.0. The van der Waals surface area contributed by atoms with E-state index >= 15 is 0 Å². The molecule has 1 fully saturated rings. The highest BCUT2D eigenvalue weighted by Crippen LogP contribution is 2.44. The topological polar surface area (TPSA) is 115 Å². The Morgan fingerprint density at radius 2 is 1.48 bits per heavy atom. The van der Waals surface area contributed by atoms with Crippen molar-refractivity contribution in [2.75, 3.05) is 20.0 Å². The molecule has 0 radical (unpaired) electrons. The highest BCUT2D eigenvalue weighted by atomic mass is 32.2. The number of benzene rings is 5. The van der Waals surface area contributed by atoms with Crippen LogP contribution in [0.25, 0.3) is 11.1 Å². The zero-order chi connectivity index (χ0) is 37.9. The summed E-state index contributed by atoms with van der Waals surface area (Å²) in [6, 6.07) is 40.1. The maximum atomic E-state index is 13.0. The Kier molecular flexibility index (Phi) is 13.4. The van der Waals surface area contributed by atoms with Crippen molar-refractivity contribution in [3.8, 4) is 16.9 Å². The van der Waals surface area contributed by atoms with Gasteiger partial charge in [-0.1, -0.05) is 122 Å². The molecule has 0 unspecified atom stereocenters. The van der Waals surface area contributed by atoms with Crippen molar-refractivity contribution < 1.29 is 33.6 Å². The molecule has 5 aromatic rings. The zero-order valence-corrected chi connectivity index (χ0v) is 31.5. The van der Waals surface area contributed by atoms with E-state index in [1.807, 2.05) is 121 Å². The van der Waals surface area contributed by atoms with Gasteiger partial charge in [-0.25, -0.2) is 9.59 Å². The number of para-hydroxylation sites is 1. The van der Waals surface area contributed by atoms with E-state index in [2.05, 4.69) is 23.6 Å². The molecule has 0 saturated carbocycles. The summed E-state index contributed by atoms with van der Waals surface area (Å²) in [4.78, 5) is 26.5. The fourth-order valence-corrected chi connectivity index (χ4v) is 7.76. The van der Waals surface area contributed by atoms with Crippen molar-refractivity contribution >= 4 is 23.8 Å².